The van der Waals surface area contributed by atoms with E-state index in [4.69, 9.17) is 5.26 Å². The van der Waals surface area contributed by atoms with Crippen molar-refractivity contribution < 1.29 is 31.1 Å². The lowest BCUT2D eigenvalue weighted by atomic mass is 10.1. The van der Waals surface area contributed by atoms with Gasteiger partial charge in [0, 0.05) is 5.69 Å². The Morgan fingerprint density at radius 3 is 2.26 bits per heavy atom. The second-order valence-electron chi connectivity index (χ2n) is 5.98. The maximum absolute atomic E-state index is 13.0. The number of sulfone groups is 1. The van der Waals surface area contributed by atoms with Crippen molar-refractivity contribution in [3.8, 4) is 6.07 Å². The normalized spacial score (nSPS) is 14.3. The van der Waals surface area contributed by atoms with Crippen molar-refractivity contribution in [2.24, 2.45) is 0 Å². The van der Waals surface area contributed by atoms with Gasteiger partial charge in [0.15, 0.2) is 9.84 Å². The molecule has 5 nitrogen and oxygen atoms in total. The molecular formula is C17H14F4N2O3S. The maximum Gasteiger partial charge on any atom is 0.417 e. The number of hydrogen-bond donors (Lipinski definition) is 2. The molecule has 144 valence electrons. The number of alkyl halides is 3. The van der Waals surface area contributed by atoms with E-state index in [1.807, 2.05) is 0 Å². The number of benzene rings is 2. The van der Waals surface area contributed by atoms with E-state index < -0.39 is 44.4 Å². The van der Waals surface area contributed by atoms with Gasteiger partial charge >= 0.3 is 6.18 Å². The van der Waals surface area contributed by atoms with Crippen LogP contribution in [0.3, 0.4) is 0 Å². The largest absolute Gasteiger partial charge is 0.417 e. The lowest BCUT2D eigenvalue weighted by molar-refractivity contribution is -0.137. The van der Waals surface area contributed by atoms with Gasteiger partial charge in [-0.2, -0.15) is 18.4 Å². The summed E-state index contributed by atoms with van der Waals surface area (Å²) in [5, 5.41) is 21.4. The summed E-state index contributed by atoms with van der Waals surface area (Å²) >= 11 is 0. The van der Waals surface area contributed by atoms with Crippen LogP contribution >= 0.6 is 0 Å². The fraction of sp³-hybridized carbons (Fsp3) is 0.235. The molecule has 0 amide bonds. The summed E-state index contributed by atoms with van der Waals surface area (Å²) in [5.74, 6) is -1.52. The first-order chi connectivity index (χ1) is 12.3. The van der Waals surface area contributed by atoms with Crippen LogP contribution < -0.4 is 5.32 Å². The number of nitrogens with zero attached hydrogens (tertiary/aromatic N) is 1. The Morgan fingerprint density at radius 2 is 1.74 bits per heavy atom. The van der Waals surface area contributed by atoms with Crippen molar-refractivity contribution in [1.29, 1.82) is 5.26 Å². The molecule has 0 aliphatic heterocycles. The zero-order chi connectivity index (χ0) is 20.5. The van der Waals surface area contributed by atoms with Gasteiger partial charge in [-0.15, -0.1) is 0 Å². The molecule has 0 saturated carbocycles. The van der Waals surface area contributed by atoms with Crippen LogP contribution in [-0.4, -0.2) is 25.0 Å². The molecule has 0 heterocycles. The molecule has 0 aromatic heterocycles. The maximum atomic E-state index is 13.0. The highest BCUT2D eigenvalue weighted by atomic mass is 32.2. The predicted molar refractivity (Wildman–Crippen MR) is 88.9 cm³/mol. The molecule has 0 bridgehead atoms. The van der Waals surface area contributed by atoms with Gasteiger partial charge in [-0.3, -0.25) is 0 Å². The van der Waals surface area contributed by atoms with Crippen molar-refractivity contribution in [2.75, 3.05) is 11.1 Å². The minimum absolute atomic E-state index is 0.222. The van der Waals surface area contributed by atoms with Gasteiger partial charge in [0.2, 0.25) is 0 Å². The van der Waals surface area contributed by atoms with Crippen LogP contribution in [0, 0.1) is 17.1 Å². The second kappa shape index (κ2) is 7.17. The molecule has 0 spiro atoms. The van der Waals surface area contributed by atoms with Gasteiger partial charge in [0.25, 0.3) is 0 Å². The van der Waals surface area contributed by atoms with Crippen LogP contribution in [-0.2, 0) is 16.0 Å². The van der Waals surface area contributed by atoms with Crippen LogP contribution in [0.1, 0.15) is 18.1 Å². The van der Waals surface area contributed by atoms with E-state index in [9.17, 15) is 31.1 Å². The molecule has 0 aliphatic rings. The summed E-state index contributed by atoms with van der Waals surface area (Å²) in [5.41, 5.74) is -4.18. The smallest absolute Gasteiger partial charge is 0.370 e. The standard InChI is InChI=1S/C17H14F4N2O3S/c1-16(24,10-27(25,26)14-6-3-12(18)4-7-14)23-13-5-2-11(9-22)15(8-13)17(19,20)21/h2-8,23-24H,10H2,1H3. The number of rotatable bonds is 5. The highest BCUT2D eigenvalue weighted by Crippen LogP contribution is 2.34. The third-order valence-corrected chi connectivity index (χ3v) is 5.44. The van der Waals surface area contributed by atoms with Crippen LogP contribution in [0.15, 0.2) is 47.4 Å². The third kappa shape index (κ3) is 5.18. The number of aliphatic hydroxyl groups is 1. The van der Waals surface area contributed by atoms with E-state index in [0.717, 1.165) is 43.3 Å². The monoisotopic (exact) mass is 402 g/mol. The highest BCUT2D eigenvalue weighted by Gasteiger charge is 2.35. The number of halogens is 4. The zero-order valence-electron chi connectivity index (χ0n) is 13.9. The first-order valence-corrected chi connectivity index (χ1v) is 9.09. The average molecular weight is 402 g/mol. The summed E-state index contributed by atoms with van der Waals surface area (Å²) in [6.07, 6.45) is -4.80. The summed E-state index contributed by atoms with van der Waals surface area (Å²) < 4.78 is 76.6. The molecule has 0 fully saturated rings. The SMILES string of the molecule is CC(O)(CS(=O)(=O)c1ccc(F)cc1)Nc1ccc(C#N)c(C(F)(F)F)c1. The Kier molecular flexibility index (Phi) is 5.49. The van der Waals surface area contributed by atoms with E-state index in [1.165, 1.54) is 6.07 Å². The Morgan fingerprint density at radius 1 is 1.15 bits per heavy atom. The lowest BCUT2D eigenvalue weighted by Crippen LogP contribution is -2.41. The first-order valence-electron chi connectivity index (χ1n) is 7.44. The van der Waals surface area contributed by atoms with E-state index in [0.29, 0.717) is 6.07 Å². The molecule has 1 atom stereocenters. The average Bonchev–Trinajstić information content (AvgIpc) is 2.53. The molecule has 27 heavy (non-hydrogen) atoms. The Hall–Kier alpha value is -2.64. The molecule has 1 unspecified atom stereocenters. The molecular weight excluding hydrogens is 388 g/mol. The number of anilines is 1. The lowest BCUT2D eigenvalue weighted by Gasteiger charge is -2.26. The molecule has 2 aromatic rings. The topological polar surface area (TPSA) is 90.2 Å². The summed E-state index contributed by atoms with van der Waals surface area (Å²) in [6.45, 7) is 1.07. The number of hydrogen-bond acceptors (Lipinski definition) is 5. The van der Waals surface area contributed by atoms with E-state index in [2.05, 4.69) is 5.32 Å². The Bertz CT molecular complexity index is 979. The molecule has 2 rings (SSSR count). The Labute approximate surface area is 152 Å². The molecule has 10 heteroatoms. The number of nitriles is 1. The molecule has 2 N–H and O–H groups in total. The van der Waals surface area contributed by atoms with Gasteiger partial charge in [0.1, 0.15) is 17.3 Å². The quantitative estimate of drug-likeness (QED) is 0.455. The van der Waals surface area contributed by atoms with Gasteiger partial charge in [-0.1, -0.05) is 0 Å². The van der Waals surface area contributed by atoms with E-state index in [1.54, 1.807) is 0 Å². The summed E-state index contributed by atoms with van der Waals surface area (Å²) in [6, 6.07) is 7.97. The predicted octanol–water partition coefficient (Wildman–Crippen LogP) is 3.31. The van der Waals surface area contributed by atoms with E-state index in [-0.39, 0.29) is 10.6 Å². The van der Waals surface area contributed by atoms with Crippen LogP contribution in [0.2, 0.25) is 0 Å². The zero-order valence-corrected chi connectivity index (χ0v) is 14.7. The molecule has 2 aromatic carbocycles. The minimum Gasteiger partial charge on any atom is -0.370 e. The molecule has 0 aliphatic carbocycles. The van der Waals surface area contributed by atoms with Crippen molar-refractivity contribution in [1.82, 2.24) is 0 Å². The van der Waals surface area contributed by atoms with Crippen molar-refractivity contribution in [3.05, 3.63) is 59.4 Å². The number of nitrogens with one attached hydrogen (secondary N) is 1. The van der Waals surface area contributed by atoms with E-state index >= 15 is 0 Å². The molecule has 0 radical (unpaired) electrons. The van der Waals surface area contributed by atoms with Crippen LogP contribution in [0.25, 0.3) is 0 Å². The fourth-order valence-corrected chi connectivity index (χ4v) is 3.93. The summed E-state index contributed by atoms with van der Waals surface area (Å²) in [4.78, 5) is -0.248. The minimum atomic E-state index is -4.80. The van der Waals surface area contributed by atoms with Gasteiger partial charge < -0.3 is 10.4 Å². The van der Waals surface area contributed by atoms with Crippen LogP contribution in [0.5, 0.6) is 0 Å². The van der Waals surface area contributed by atoms with Gasteiger partial charge in [-0.05, 0) is 49.4 Å². The Balaban J connectivity index is 2.28. The first kappa shape index (κ1) is 20.7. The molecule has 0 saturated heterocycles. The fourth-order valence-electron chi connectivity index (χ4n) is 2.40. The van der Waals surface area contributed by atoms with Gasteiger partial charge in [-0.25, -0.2) is 12.8 Å². The van der Waals surface area contributed by atoms with Crippen molar-refractivity contribution in [2.45, 2.75) is 23.7 Å². The van der Waals surface area contributed by atoms with Crippen LogP contribution in [0.4, 0.5) is 23.2 Å². The highest BCUT2D eigenvalue weighted by molar-refractivity contribution is 7.91. The second-order valence-corrected chi connectivity index (χ2v) is 7.97. The van der Waals surface area contributed by atoms with Crippen molar-refractivity contribution in [3.63, 3.8) is 0 Å². The third-order valence-electron chi connectivity index (χ3n) is 3.50. The summed E-state index contributed by atoms with van der Waals surface area (Å²) in [7, 11) is -4.06. The van der Waals surface area contributed by atoms with Crippen molar-refractivity contribution >= 4 is 15.5 Å². The van der Waals surface area contributed by atoms with Gasteiger partial charge in [0.05, 0.1) is 22.1 Å².